The van der Waals surface area contributed by atoms with Gasteiger partial charge >= 0.3 is 0 Å². The van der Waals surface area contributed by atoms with Crippen LogP contribution in [0.5, 0.6) is 0 Å². The van der Waals surface area contributed by atoms with Gasteiger partial charge < -0.3 is 0 Å². The maximum absolute atomic E-state index is 13.1. The molecule has 0 saturated heterocycles. The van der Waals surface area contributed by atoms with E-state index >= 15 is 0 Å². The number of benzene rings is 1. The van der Waals surface area contributed by atoms with Crippen molar-refractivity contribution in [2.45, 2.75) is 37.3 Å². The lowest BCUT2D eigenvalue weighted by atomic mass is 10.1. The molecule has 0 aliphatic heterocycles. The van der Waals surface area contributed by atoms with Gasteiger partial charge in [0.1, 0.15) is 5.25 Å². The first-order valence-electron chi connectivity index (χ1n) is 7.99. The zero-order valence-corrected chi connectivity index (χ0v) is 17.0. The second-order valence-electron chi connectivity index (χ2n) is 5.96. The summed E-state index contributed by atoms with van der Waals surface area (Å²) in [4.78, 5) is 0.834. The van der Waals surface area contributed by atoms with Gasteiger partial charge in [-0.3, -0.25) is 0 Å². The molecule has 0 aliphatic carbocycles. The monoisotopic (exact) mass is 401 g/mol. The zero-order valence-electron chi connectivity index (χ0n) is 14.5. The quantitative estimate of drug-likeness (QED) is 0.736. The molecule has 25 heavy (non-hydrogen) atoms. The maximum atomic E-state index is 13.1. The molecule has 0 radical (unpaired) electrons. The Morgan fingerprint density at radius 1 is 1.08 bits per heavy atom. The van der Waals surface area contributed by atoms with Crippen molar-refractivity contribution in [1.29, 1.82) is 0 Å². The van der Waals surface area contributed by atoms with E-state index in [1.54, 1.807) is 42.6 Å². The van der Waals surface area contributed by atoms with Gasteiger partial charge in [-0.25, -0.2) is 21.6 Å². The topological polar surface area (TPSA) is 80.3 Å². The maximum Gasteiger partial charge on any atom is 0.211 e. The Morgan fingerprint density at radius 3 is 2.36 bits per heavy atom. The third kappa shape index (κ3) is 4.91. The second kappa shape index (κ2) is 7.99. The van der Waals surface area contributed by atoms with Crippen LogP contribution in [0.15, 0.2) is 40.6 Å². The highest BCUT2D eigenvalue weighted by atomic mass is 32.2. The first-order chi connectivity index (χ1) is 11.7. The predicted octanol–water partition coefficient (Wildman–Crippen LogP) is 3.21. The average Bonchev–Trinajstić information content (AvgIpc) is 3.03. The van der Waals surface area contributed by atoms with Crippen LogP contribution < -0.4 is 4.72 Å². The molecule has 1 aromatic carbocycles. The molecule has 2 rings (SSSR count). The van der Waals surface area contributed by atoms with E-state index < -0.39 is 25.1 Å². The van der Waals surface area contributed by atoms with Crippen molar-refractivity contribution in [3.8, 4) is 0 Å². The number of sulfonamides is 1. The van der Waals surface area contributed by atoms with Gasteiger partial charge in [-0.2, -0.15) is 0 Å². The summed E-state index contributed by atoms with van der Waals surface area (Å²) >= 11 is 1.31. The molecule has 0 amide bonds. The van der Waals surface area contributed by atoms with Crippen LogP contribution in [0.25, 0.3) is 0 Å². The van der Waals surface area contributed by atoms with Crippen LogP contribution in [-0.4, -0.2) is 29.1 Å². The minimum atomic E-state index is -3.72. The molecule has 0 bridgehead atoms. The van der Waals surface area contributed by atoms with Gasteiger partial charge in [-0.15, -0.1) is 11.3 Å². The fourth-order valence-corrected chi connectivity index (χ4v) is 6.51. The SMILES string of the molecule is CCCS(=O)(=O)NC[C@@H](c1cccs1)S(=O)(=O)c1ccc(C)c(C)c1. The van der Waals surface area contributed by atoms with E-state index in [-0.39, 0.29) is 17.2 Å². The lowest BCUT2D eigenvalue weighted by molar-refractivity contribution is 0.569. The Morgan fingerprint density at radius 2 is 1.80 bits per heavy atom. The van der Waals surface area contributed by atoms with Gasteiger partial charge in [0, 0.05) is 11.4 Å². The molecule has 2 aromatic rings. The summed E-state index contributed by atoms with van der Waals surface area (Å²) < 4.78 is 52.7. The minimum absolute atomic E-state index is 0.0200. The molecule has 8 heteroatoms. The highest BCUT2D eigenvalue weighted by molar-refractivity contribution is 7.92. The number of nitrogens with one attached hydrogen (secondary N) is 1. The highest BCUT2D eigenvalue weighted by Gasteiger charge is 2.31. The third-order valence-corrected chi connectivity index (χ3v) is 8.77. The summed E-state index contributed by atoms with van der Waals surface area (Å²) in [6, 6.07) is 8.49. The molecule has 0 saturated carbocycles. The molecular weight excluding hydrogens is 378 g/mol. The summed E-state index contributed by atoms with van der Waals surface area (Å²) in [5.74, 6) is -0.0200. The molecule has 1 atom stereocenters. The van der Waals surface area contributed by atoms with Crippen molar-refractivity contribution < 1.29 is 16.8 Å². The Balaban J connectivity index is 2.39. The summed E-state index contributed by atoms with van der Waals surface area (Å²) in [7, 11) is -7.20. The van der Waals surface area contributed by atoms with E-state index in [2.05, 4.69) is 4.72 Å². The van der Waals surface area contributed by atoms with Gasteiger partial charge in [0.05, 0.1) is 10.6 Å². The summed E-state index contributed by atoms with van der Waals surface area (Å²) in [5.41, 5.74) is 1.90. The fourth-order valence-electron chi connectivity index (χ4n) is 2.44. The van der Waals surface area contributed by atoms with Gasteiger partial charge in [0.2, 0.25) is 10.0 Å². The number of hydrogen-bond donors (Lipinski definition) is 1. The molecule has 0 unspecified atom stereocenters. The van der Waals surface area contributed by atoms with Crippen LogP contribution >= 0.6 is 11.3 Å². The predicted molar refractivity (Wildman–Crippen MR) is 102 cm³/mol. The average molecular weight is 402 g/mol. The summed E-state index contributed by atoms with van der Waals surface area (Å²) in [6.45, 7) is 5.37. The fraction of sp³-hybridized carbons (Fsp3) is 0.412. The lowest BCUT2D eigenvalue weighted by Gasteiger charge is -2.18. The normalized spacial score (nSPS) is 13.7. The smallest absolute Gasteiger partial charge is 0.211 e. The number of rotatable bonds is 8. The van der Waals surface area contributed by atoms with Crippen LogP contribution in [0.4, 0.5) is 0 Å². The van der Waals surface area contributed by atoms with E-state index in [0.29, 0.717) is 11.3 Å². The zero-order chi connectivity index (χ0) is 18.7. The van der Waals surface area contributed by atoms with Gasteiger partial charge in [0.25, 0.3) is 0 Å². The minimum Gasteiger partial charge on any atom is -0.223 e. The van der Waals surface area contributed by atoms with Crippen molar-refractivity contribution in [2.75, 3.05) is 12.3 Å². The van der Waals surface area contributed by atoms with E-state index in [1.807, 2.05) is 13.8 Å². The number of thiophene rings is 1. The van der Waals surface area contributed by atoms with Crippen molar-refractivity contribution >= 4 is 31.2 Å². The first-order valence-corrected chi connectivity index (χ1v) is 12.1. The van der Waals surface area contributed by atoms with Crippen molar-refractivity contribution in [3.63, 3.8) is 0 Å². The third-order valence-electron chi connectivity index (χ3n) is 4.00. The van der Waals surface area contributed by atoms with Crippen LogP contribution in [0.3, 0.4) is 0 Å². The van der Waals surface area contributed by atoms with Crippen molar-refractivity contribution in [3.05, 3.63) is 51.7 Å². The number of aryl methyl sites for hydroxylation is 2. The van der Waals surface area contributed by atoms with E-state index in [4.69, 9.17) is 0 Å². The Kier molecular flexibility index (Phi) is 6.42. The van der Waals surface area contributed by atoms with Crippen LogP contribution in [0.1, 0.15) is 34.6 Å². The summed E-state index contributed by atoms with van der Waals surface area (Å²) in [5, 5.41) is 0.847. The van der Waals surface area contributed by atoms with E-state index in [0.717, 1.165) is 11.1 Å². The Bertz CT molecular complexity index is 917. The van der Waals surface area contributed by atoms with E-state index in [9.17, 15) is 16.8 Å². The van der Waals surface area contributed by atoms with Gasteiger partial charge in [-0.1, -0.05) is 19.1 Å². The molecule has 0 aliphatic rings. The number of hydrogen-bond acceptors (Lipinski definition) is 5. The van der Waals surface area contributed by atoms with E-state index in [1.165, 1.54) is 11.3 Å². The van der Waals surface area contributed by atoms with Crippen LogP contribution in [-0.2, 0) is 19.9 Å². The van der Waals surface area contributed by atoms with Gasteiger partial charge in [-0.05, 0) is 55.0 Å². The standard InChI is InChI=1S/C17H23NO4S3/c1-4-10-24(19,20)18-12-17(16-6-5-9-23-16)25(21,22)15-8-7-13(2)14(3)11-15/h5-9,11,17-18H,4,10,12H2,1-3H3/t17-/m0/s1. The van der Waals surface area contributed by atoms with Crippen molar-refractivity contribution in [2.24, 2.45) is 0 Å². The van der Waals surface area contributed by atoms with Crippen LogP contribution in [0, 0.1) is 13.8 Å². The molecule has 0 spiro atoms. The molecule has 0 fully saturated rings. The number of sulfone groups is 1. The highest BCUT2D eigenvalue weighted by Crippen LogP contribution is 2.32. The van der Waals surface area contributed by atoms with Gasteiger partial charge in [0.15, 0.2) is 9.84 Å². The largest absolute Gasteiger partial charge is 0.223 e. The molecule has 1 aromatic heterocycles. The summed E-state index contributed by atoms with van der Waals surface area (Å²) in [6.07, 6.45) is 0.475. The lowest BCUT2D eigenvalue weighted by Crippen LogP contribution is -2.33. The first kappa shape index (κ1) is 20.1. The molecular formula is C17H23NO4S3. The van der Waals surface area contributed by atoms with Crippen molar-refractivity contribution in [1.82, 2.24) is 4.72 Å². The molecule has 1 N–H and O–H groups in total. The second-order valence-corrected chi connectivity index (χ2v) is 11.0. The van der Waals surface area contributed by atoms with Crippen LogP contribution in [0.2, 0.25) is 0 Å². The molecule has 138 valence electrons. The molecule has 5 nitrogen and oxygen atoms in total. The Labute approximate surface area is 154 Å². The Hall–Kier alpha value is -1.22. The molecule has 1 heterocycles.